The van der Waals surface area contributed by atoms with E-state index >= 15 is 0 Å². The fourth-order valence-electron chi connectivity index (χ4n) is 2.64. The average molecular weight is 340 g/mol. The monoisotopic (exact) mass is 340 g/mol. The third-order valence-electron chi connectivity index (χ3n) is 3.90. The number of carbonyl (C=O) groups excluding carboxylic acids is 1. The quantitative estimate of drug-likeness (QED) is 0.746. The molecule has 0 saturated heterocycles. The molecule has 0 aliphatic rings. The van der Waals surface area contributed by atoms with Crippen LogP contribution in [0.25, 0.3) is 11.1 Å². The van der Waals surface area contributed by atoms with E-state index in [9.17, 15) is 4.79 Å². The van der Waals surface area contributed by atoms with E-state index in [0.717, 1.165) is 16.7 Å². The second kappa shape index (κ2) is 7.25. The van der Waals surface area contributed by atoms with Crippen LogP contribution in [0.5, 0.6) is 11.5 Å². The molecular formula is C19H20N2O4. The normalized spacial score (nSPS) is 10.7. The first-order chi connectivity index (χ1) is 12.1. The smallest absolute Gasteiger partial charge is 0.251 e. The lowest BCUT2D eigenvalue weighted by atomic mass is 10.1. The Balaban J connectivity index is 1.61. The zero-order valence-corrected chi connectivity index (χ0v) is 14.5. The summed E-state index contributed by atoms with van der Waals surface area (Å²) < 4.78 is 15.9. The van der Waals surface area contributed by atoms with Crippen LogP contribution in [0.1, 0.15) is 21.8 Å². The number of nitrogens with zero attached hydrogens (tertiary/aromatic N) is 1. The van der Waals surface area contributed by atoms with Gasteiger partial charge in [0.15, 0.2) is 23.0 Å². The van der Waals surface area contributed by atoms with Crippen molar-refractivity contribution in [2.75, 3.05) is 20.8 Å². The highest BCUT2D eigenvalue weighted by atomic mass is 16.5. The van der Waals surface area contributed by atoms with E-state index in [2.05, 4.69) is 10.3 Å². The first-order valence-electron chi connectivity index (χ1n) is 7.97. The lowest BCUT2D eigenvalue weighted by molar-refractivity contribution is 0.0953. The first-order valence-corrected chi connectivity index (χ1v) is 7.97. The molecular weight excluding hydrogens is 320 g/mol. The molecule has 3 aromatic rings. The Morgan fingerprint density at radius 2 is 1.92 bits per heavy atom. The van der Waals surface area contributed by atoms with Crippen molar-refractivity contribution >= 4 is 17.0 Å². The zero-order chi connectivity index (χ0) is 17.8. The molecule has 0 aliphatic carbocycles. The molecule has 1 amide bonds. The summed E-state index contributed by atoms with van der Waals surface area (Å²) >= 11 is 0. The maximum Gasteiger partial charge on any atom is 0.251 e. The van der Waals surface area contributed by atoms with Crippen molar-refractivity contribution < 1.29 is 18.7 Å². The van der Waals surface area contributed by atoms with Crippen molar-refractivity contribution in [2.24, 2.45) is 0 Å². The van der Waals surface area contributed by atoms with Gasteiger partial charge in [-0.3, -0.25) is 4.79 Å². The van der Waals surface area contributed by atoms with E-state index in [1.165, 1.54) is 0 Å². The van der Waals surface area contributed by atoms with Crippen LogP contribution in [-0.2, 0) is 6.42 Å². The Hall–Kier alpha value is -3.02. The Labute approximate surface area is 145 Å². The number of fused-ring (bicyclic) bond motifs is 1. The number of ether oxygens (including phenoxy) is 2. The van der Waals surface area contributed by atoms with Gasteiger partial charge >= 0.3 is 0 Å². The second-order valence-electron chi connectivity index (χ2n) is 5.61. The van der Waals surface area contributed by atoms with Gasteiger partial charge in [-0.05, 0) is 42.3 Å². The molecule has 0 unspecified atom stereocenters. The van der Waals surface area contributed by atoms with Gasteiger partial charge in [0.1, 0.15) is 5.52 Å². The van der Waals surface area contributed by atoms with E-state index in [1.54, 1.807) is 32.4 Å². The summed E-state index contributed by atoms with van der Waals surface area (Å²) in [5.74, 6) is 1.62. The molecule has 130 valence electrons. The number of benzene rings is 2. The number of methoxy groups -OCH3 is 2. The molecule has 1 aromatic heterocycles. The second-order valence-corrected chi connectivity index (χ2v) is 5.61. The summed E-state index contributed by atoms with van der Waals surface area (Å²) in [4.78, 5) is 16.6. The molecule has 0 fully saturated rings. The minimum atomic E-state index is -0.153. The molecule has 0 radical (unpaired) electrons. The zero-order valence-electron chi connectivity index (χ0n) is 14.5. The lowest BCUT2D eigenvalue weighted by Crippen LogP contribution is -2.25. The third kappa shape index (κ3) is 3.74. The summed E-state index contributed by atoms with van der Waals surface area (Å²) in [5.41, 5.74) is 3.23. The largest absolute Gasteiger partial charge is 0.493 e. The molecule has 0 saturated carbocycles. The van der Waals surface area contributed by atoms with Crippen molar-refractivity contribution in [3.05, 3.63) is 53.4 Å². The molecule has 3 rings (SSSR count). The number of amides is 1. The van der Waals surface area contributed by atoms with Crippen LogP contribution in [-0.4, -0.2) is 31.7 Å². The van der Waals surface area contributed by atoms with Crippen LogP contribution in [0, 0.1) is 6.92 Å². The minimum Gasteiger partial charge on any atom is -0.493 e. The van der Waals surface area contributed by atoms with Gasteiger partial charge in [0.05, 0.1) is 14.2 Å². The number of hydrogen-bond acceptors (Lipinski definition) is 5. The Morgan fingerprint density at radius 1 is 1.12 bits per heavy atom. The Morgan fingerprint density at radius 3 is 2.68 bits per heavy atom. The molecule has 0 atom stereocenters. The van der Waals surface area contributed by atoms with Gasteiger partial charge in [0, 0.05) is 19.0 Å². The molecule has 0 bridgehead atoms. The topological polar surface area (TPSA) is 73.6 Å². The van der Waals surface area contributed by atoms with Gasteiger partial charge in [-0.1, -0.05) is 6.07 Å². The lowest BCUT2D eigenvalue weighted by Gasteiger charge is -2.10. The Bertz CT molecular complexity index is 902. The molecule has 0 aliphatic heterocycles. The van der Waals surface area contributed by atoms with Gasteiger partial charge in [-0.25, -0.2) is 4.98 Å². The average Bonchev–Trinajstić information content (AvgIpc) is 3.00. The third-order valence-corrected chi connectivity index (χ3v) is 3.90. The van der Waals surface area contributed by atoms with Crippen LogP contribution < -0.4 is 14.8 Å². The van der Waals surface area contributed by atoms with Crippen molar-refractivity contribution in [3.8, 4) is 11.5 Å². The van der Waals surface area contributed by atoms with E-state index < -0.39 is 0 Å². The molecule has 1 heterocycles. The molecule has 25 heavy (non-hydrogen) atoms. The number of aryl methyl sites for hydroxylation is 1. The van der Waals surface area contributed by atoms with Crippen LogP contribution >= 0.6 is 0 Å². The standard InChI is InChI=1S/C19H20N2O4/c1-12-21-15-10-13(4-6-16(15)25-12)8-9-20-19(22)14-5-7-17(23-2)18(11-14)24-3/h4-7,10-11H,8-9H2,1-3H3,(H,20,22). The predicted molar refractivity (Wildman–Crippen MR) is 94.3 cm³/mol. The summed E-state index contributed by atoms with van der Waals surface area (Å²) in [6.07, 6.45) is 0.709. The highest BCUT2D eigenvalue weighted by Crippen LogP contribution is 2.27. The van der Waals surface area contributed by atoms with Crippen molar-refractivity contribution in [3.63, 3.8) is 0 Å². The highest BCUT2D eigenvalue weighted by molar-refractivity contribution is 5.94. The molecule has 2 aromatic carbocycles. The van der Waals surface area contributed by atoms with Gasteiger partial charge in [-0.15, -0.1) is 0 Å². The van der Waals surface area contributed by atoms with Crippen LogP contribution in [0.4, 0.5) is 0 Å². The van der Waals surface area contributed by atoms with Gasteiger partial charge in [-0.2, -0.15) is 0 Å². The highest BCUT2D eigenvalue weighted by Gasteiger charge is 2.10. The SMILES string of the molecule is COc1ccc(C(=O)NCCc2ccc3oc(C)nc3c2)cc1OC. The van der Waals surface area contributed by atoms with Gasteiger partial charge < -0.3 is 19.2 Å². The predicted octanol–water partition coefficient (Wildman–Crippen LogP) is 3.13. The molecule has 1 N–H and O–H groups in total. The fraction of sp³-hybridized carbons (Fsp3) is 0.263. The number of rotatable bonds is 6. The maximum atomic E-state index is 12.3. The summed E-state index contributed by atoms with van der Waals surface area (Å²) in [7, 11) is 3.10. The first kappa shape index (κ1) is 16.8. The summed E-state index contributed by atoms with van der Waals surface area (Å²) in [6, 6.07) is 11.0. The van der Waals surface area contributed by atoms with Crippen molar-refractivity contribution in [1.82, 2.24) is 10.3 Å². The number of aromatic nitrogens is 1. The molecule has 6 nitrogen and oxygen atoms in total. The summed E-state index contributed by atoms with van der Waals surface area (Å²) in [5, 5.41) is 2.91. The van der Waals surface area contributed by atoms with Crippen LogP contribution in [0.2, 0.25) is 0 Å². The van der Waals surface area contributed by atoms with E-state index in [4.69, 9.17) is 13.9 Å². The summed E-state index contributed by atoms with van der Waals surface area (Å²) in [6.45, 7) is 2.35. The molecule has 6 heteroatoms. The number of nitrogens with one attached hydrogen (secondary N) is 1. The van der Waals surface area contributed by atoms with Gasteiger partial charge in [0.25, 0.3) is 5.91 Å². The number of carbonyl (C=O) groups is 1. The number of hydrogen-bond donors (Lipinski definition) is 1. The number of oxazole rings is 1. The molecule has 0 spiro atoms. The van der Waals surface area contributed by atoms with Crippen molar-refractivity contribution in [2.45, 2.75) is 13.3 Å². The van der Waals surface area contributed by atoms with E-state index in [1.807, 2.05) is 25.1 Å². The van der Waals surface area contributed by atoms with E-state index in [-0.39, 0.29) is 5.91 Å². The Kier molecular flexibility index (Phi) is 4.88. The fourth-order valence-corrected chi connectivity index (χ4v) is 2.64. The van der Waals surface area contributed by atoms with Gasteiger partial charge in [0.2, 0.25) is 0 Å². The van der Waals surface area contributed by atoms with E-state index in [0.29, 0.717) is 35.9 Å². The minimum absolute atomic E-state index is 0.153. The van der Waals surface area contributed by atoms with Crippen LogP contribution in [0.3, 0.4) is 0 Å². The maximum absolute atomic E-state index is 12.3. The van der Waals surface area contributed by atoms with Crippen LogP contribution in [0.15, 0.2) is 40.8 Å². The van der Waals surface area contributed by atoms with Crippen molar-refractivity contribution in [1.29, 1.82) is 0 Å².